The maximum absolute atomic E-state index is 5.82. The van der Waals surface area contributed by atoms with Crippen LogP contribution >= 0.6 is 22.8 Å². The van der Waals surface area contributed by atoms with Crippen LogP contribution in [0.2, 0.25) is 0 Å². The van der Waals surface area contributed by atoms with Crippen LogP contribution in [0.15, 0.2) is 74.2 Å². The Kier molecular flexibility index (Phi) is 6.79. The molecule has 28 heavy (non-hydrogen) atoms. The molecule has 1 aliphatic rings. The molecule has 2 aromatic rings. The highest BCUT2D eigenvalue weighted by molar-refractivity contribution is 7.82. The molecule has 2 aromatic carbocycles. The van der Waals surface area contributed by atoms with E-state index in [2.05, 4.69) is 10.2 Å². The highest BCUT2D eigenvalue weighted by atomic mass is 31.3. The summed E-state index contributed by atoms with van der Waals surface area (Å²) in [6, 6.07) is 19.2. The lowest BCUT2D eigenvalue weighted by Crippen LogP contribution is -2.06. The zero-order valence-electron chi connectivity index (χ0n) is 16.1. The van der Waals surface area contributed by atoms with Gasteiger partial charge in [-0.25, -0.2) is 0 Å². The molecule has 12 heteroatoms. The van der Waals surface area contributed by atoms with Crippen LogP contribution in [-0.2, 0) is 18.1 Å². The molecule has 0 saturated heterocycles. The molecule has 0 radical (unpaired) electrons. The van der Waals surface area contributed by atoms with E-state index in [1.807, 2.05) is 60.7 Å². The van der Waals surface area contributed by atoms with Gasteiger partial charge in [-0.05, 0) is 24.3 Å². The van der Waals surface area contributed by atoms with Crippen LogP contribution in [0.4, 0.5) is 11.4 Å². The first-order chi connectivity index (χ1) is 13.5. The minimum Gasteiger partial charge on any atom is -0.315 e. The second-order valence-electron chi connectivity index (χ2n) is 5.53. The molecule has 9 nitrogen and oxygen atoms in total. The van der Waals surface area contributed by atoms with Gasteiger partial charge in [0.05, 0.1) is 0 Å². The normalized spacial score (nSPS) is 25.7. The number of anilines is 2. The topological polar surface area (TPSA) is 98.1 Å². The molecule has 0 unspecified atom stereocenters. The predicted molar refractivity (Wildman–Crippen MR) is 116 cm³/mol. The Morgan fingerprint density at radius 3 is 1.39 bits per heavy atom. The van der Waals surface area contributed by atoms with Crippen molar-refractivity contribution in [1.82, 2.24) is 0 Å². The number of para-hydroxylation sites is 2. The first-order valence-corrected chi connectivity index (χ1v) is 13.1. The van der Waals surface area contributed by atoms with E-state index in [0.717, 1.165) is 11.4 Å². The van der Waals surface area contributed by atoms with Gasteiger partial charge in [0, 0.05) is 39.8 Å². The molecule has 0 amide bonds. The van der Waals surface area contributed by atoms with Crippen LogP contribution in [0.25, 0.3) is 0 Å². The van der Waals surface area contributed by atoms with Crippen LogP contribution in [0.3, 0.4) is 0 Å². The number of rotatable bonds is 8. The average molecular weight is 443 g/mol. The number of nitrogens with one attached hydrogen (secondary N) is 2. The zero-order chi connectivity index (χ0) is 20.1. The first kappa shape index (κ1) is 21.3. The molecular weight excluding hydrogens is 419 g/mol. The van der Waals surface area contributed by atoms with Gasteiger partial charge in [0.15, 0.2) is 0 Å². The Morgan fingerprint density at radius 2 is 1.00 bits per heavy atom. The molecule has 0 fully saturated rings. The smallest absolute Gasteiger partial charge is 0.315 e. The molecule has 2 N–H and O–H groups in total. The van der Waals surface area contributed by atoms with E-state index in [1.54, 1.807) is 14.2 Å². The Hall–Kier alpha value is -1.43. The Balaban J connectivity index is 2.20. The molecule has 0 spiro atoms. The van der Waals surface area contributed by atoms with Gasteiger partial charge in [-0.2, -0.15) is 4.52 Å². The average Bonchev–Trinajstić information content (AvgIpc) is 2.75. The van der Waals surface area contributed by atoms with Crippen molar-refractivity contribution in [3.8, 4) is 0 Å². The van der Waals surface area contributed by atoms with Crippen molar-refractivity contribution in [2.24, 2.45) is 13.5 Å². The summed E-state index contributed by atoms with van der Waals surface area (Å²) in [7, 11) is -2.81. The second kappa shape index (κ2) is 8.93. The Morgan fingerprint density at radius 1 is 0.571 bits per heavy atom. The molecule has 1 heterocycles. The van der Waals surface area contributed by atoms with Crippen molar-refractivity contribution in [3.05, 3.63) is 60.7 Å². The standard InChI is InChI=1S/C16H24N5O4P3/c1-22-26(17-15-11-7-5-8-12-15)19-27(23-2,18-16-13-9-6-10-14-16)21-28(20-26,24-3)25-4/h5-14,17-18H,1-4H3/t26-,27+. The third-order valence-corrected chi connectivity index (χ3v) is 12.5. The Bertz CT molecular complexity index is 912. The van der Waals surface area contributed by atoms with Crippen LogP contribution in [0.5, 0.6) is 0 Å². The lowest BCUT2D eigenvalue weighted by atomic mass is 10.3. The Labute approximate surface area is 165 Å². The maximum atomic E-state index is 5.82. The van der Waals surface area contributed by atoms with Gasteiger partial charge < -0.3 is 28.3 Å². The molecule has 3 rings (SSSR count). The van der Waals surface area contributed by atoms with Gasteiger partial charge >= 0.3 is 22.8 Å². The van der Waals surface area contributed by atoms with Crippen LogP contribution in [0, 0.1) is 0 Å². The summed E-state index contributed by atoms with van der Waals surface area (Å²) in [6.45, 7) is 0. The van der Waals surface area contributed by atoms with Gasteiger partial charge in [-0.1, -0.05) is 36.4 Å². The summed E-state index contributed by atoms with van der Waals surface area (Å²) in [4.78, 5) is 0. The number of hydrogen-bond donors (Lipinski definition) is 2. The highest BCUT2D eigenvalue weighted by Crippen LogP contribution is 2.78. The van der Waals surface area contributed by atoms with Gasteiger partial charge in [-0.3, -0.25) is 0 Å². The fourth-order valence-electron chi connectivity index (χ4n) is 2.43. The molecule has 0 bridgehead atoms. The van der Waals surface area contributed by atoms with Gasteiger partial charge in [-0.15, -0.1) is 9.03 Å². The van der Waals surface area contributed by atoms with E-state index < -0.39 is 22.8 Å². The van der Waals surface area contributed by atoms with E-state index in [4.69, 9.17) is 31.6 Å². The predicted octanol–water partition coefficient (Wildman–Crippen LogP) is 6.65. The van der Waals surface area contributed by atoms with Crippen molar-refractivity contribution in [3.63, 3.8) is 0 Å². The molecule has 1 aliphatic heterocycles. The minimum atomic E-state index is -3.02. The molecule has 152 valence electrons. The lowest BCUT2D eigenvalue weighted by Gasteiger charge is -2.33. The third-order valence-electron chi connectivity index (χ3n) is 3.79. The van der Waals surface area contributed by atoms with E-state index in [-0.39, 0.29) is 0 Å². The third kappa shape index (κ3) is 4.58. The van der Waals surface area contributed by atoms with Crippen molar-refractivity contribution in [1.29, 1.82) is 0 Å². The monoisotopic (exact) mass is 443 g/mol. The maximum Gasteiger partial charge on any atom is 0.347 e. The molecule has 0 saturated carbocycles. The SMILES string of the molecule is COP1(OC)=N[P@](Nc2ccccc2)(OC)=N[P@](Nc2ccccc2)(OC)=N1. The van der Waals surface area contributed by atoms with E-state index in [0.29, 0.717) is 0 Å². The minimum absolute atomic E-state index is 0.811. The zero-order valence-corrected chi connectivity index (χ0v) is 18.8. The number of hydrogen-bond acceptors (Lipinski definition) is 9. The fourth-order valence-corrected chi connectivity index (χ4v) is 11.9. The van der Waals surface area contributed by atoms with E-state index >= 15 is 0 Å². The number of nitrogens with zero attached hydrogens (tertiary/aromatic N) is 3. The quantitative estimate of drug-likeness (QED) is 0.444. The molecule has 2 atom stereocenters. The summed E-state index contributed by atoms with van der Waals surface area (Å²) in [5, 5.41) is 6.63. The van der Waals surface area contributed by atoms with Gasteiger partial charge in [0.1, 0.15) is 0 Å². The van der Waals surface area contributed by atoms with Crippen LogP contribution in [-0.4, -0.2) is 28.4 Å². The second-order valence-corrected chi connectivity index (χ2v) is 12.7. The van der Waals surface area contributed by atoms with Crippen molar-refractivity contribution in [2.45, 2.75) is 0 Å². The van der Waals surface area contributed by atoms with Crippen molar-refractivity contribution in [2.75, 3.05) is 38.6 Å². The van der Waals surface area contributed by atoms with Crippen LogP contribution in [0.1, 0.15) is 0 Å². The summed E-state index contributed by atoms with van der Waals surface area (Å²) < 4.78 is 37.1. The van der Waals surface area contributed by atoms with Crippen molar-refractivity contribution >= 4 is 34.2 Å². The summed E-state index contributed by atoms with van der Waals surface area (Å²) in [6.07, 6.45) is 0. The molecule has 0 aliphatic carbocycles. The van der Waals surface area contributed by atoms with Crippen molar-refractivity contribution < 1.29 is 18.1 Å². The summed E-state index contributed by atoms with van der Waals surface area (Å²) >= 11 is 0. The van der Waals surface area contributed by atoms with E-state index in [9.17, 15) is 0 Å². The first-order valence-electron chi connectivity index (χ1n) is 8.33. The van der Waals surface area contributed by atoms with E-state index in [1.165, 1.54) is 14.2 Å². The molecule has 0 aromatic heterocycles. The summed E-state index contributed by atoms with van der Waals surface area (Å²) in [5.74, 6) is 0. The number of benzene rings is 2. The van der Waals surface area contributed by atoms with Crippen LogP contribution < -0.4 is 10.2 Å². The van der Waals surface area contributed by atoms with Gasteiger partial charge in [0.25, 0.3) is 0 Å². The lowest BCUT2D eigenvalue weighted by molar-refractivity contribution is 0.328. The molecular formula is C16H24N5O4P3. The largest absolute Gasteiger partial charge is 0.347 e. The highest BCUT2D eigenvalue weighted by Gasteiger charge is 2.39. The summed E-state index contributed by atoms with van der Waals surface area (Å²) in [5.41, 5.74) is 1.62. The fraction of sp³-hybridized carbons (Fsp3) is 0.250. The van der Waals surface area contributed by atoms with Gasteiger partial charge in [0.2, 0.25) is 0 Å².